The molecule has 2 rings (SSSR count). The second-order valence-electron chi connectivity index (χ2n) is 4.36. The average molecular weight is 314 g/mol. The molecule has 1 aromatic carbocycles. The molecule has 0 radical (unpaired) electrons. The van der Waals surface area contributed by atoms with Gasteiger partial charge in [-0.25, -0.2) is 8.42 Å². The van der Waals surface area contributed by atoms with Crippen LogP contribution in [0.2, 0.25) is 0 Å². The summed E-state index contributed by atoms with van der Waals surface area (Å²) in [6.07, 6.45) is 0. The predicted octanol–water partition coefficient (Wildman–Crippen LogP) is -0.731. The van der Waals surface area contributed by atoms with Crippen molar-refractivity contribution in [2.24, 2.45) is 0 Å². The maximum Gasteiger partial charge on any atom is 0.323 e. The number of carbonyl (C=O) groups is 2. The van der Waals surface area contributed by atoms with Crippen molar-refractivity contribution in [2.45, 2.75) is 10.9 Å². The first kappa shape index (κ1) is 15.3. The van der Waals surface area contributed by atoms with E-state index in [0.29, 0.717) is 4.31 Å². The fraction of sp³-hybridized carbons (Fsp3) is 0.333. The summed E-state index contributed by atoms with van der Waals surface area (Å²) in [6.45, 7) is -0.820. The highest BCUT2D eigenvalue weighted by Crippen LogP contribution is 2.28. The lowest BCUT2D eigenvalue weighted by atomic mass is 10.2. The van der Waals surface area contributed by atoms with E-state index in [-0.39, 0.29) is 17.2 Å². The number of hydrogen-bond acceptors (Lipinski definition) is 5. The number of piperazine rings is 1. The van der Waals surface area contributed by atoms with E-state index in [9.17, 15) is 18.0 Å². The summed E-state index contributed by atoms with van der Waals surface area (Å²) in [7, 11) is -2.85. The van der Waals surface area contributed by atoms with Crippen molar-refractivity contribution < 1.29 is 27.9 Å². The van der Waals surface area contributed by atoms with Crippen molar-refractivity contribution >= 4 is 21.9 Å². The number of rotatable bonds is 4. The van der Waals surface area contributed by atoms with Gasteiger partial charge in [0.2, 0.25) is 15.9 Å². The summed E-state index contributed by atoms with van der Waals surface area (Å²) in [5, 5.41) is 11.5. The Kier molecular flexibility index (Phi) is 4.14. The first-order valence-corrected chi connectivity index (χ1v) is 7.46. The van der Waals surface area contributed by atoms with Crippen LogP contribution in [0, 0.1) is 0 Å². The zero-order chi connectivity index (χ0) is 15.6. The number of nitrogens with one attached hydrogen (secondary N) is 1. The molecule has 1 aliphatic rings. The Bertz CT molecular complexity index is 672. The Balaban J connectivity index is 2.49. The molecule has 1 heterocycles. The Labute approximate surface area is 121 Å². The molecular formula is C12H14N2O6S. The molecule has 1 fully saturated rings. The predicted molar refractivity (Wildman–Crippen MR) is 71.3 cm³/mol. The van der Waals surface area contributed by atoms with Gasteiger partial charge < -0.3 is 15.2 Å². The minimum Gasteiger partial charge on any atom is -0.495 e. The van der Waals surface area contributed by atoms with Gasteiger partial charge in [-0.3, -0.25) is 9.59 Å². The molecule has 1 aliphatic heterocycles. The lowest BCUT2D eigenvalue weighted by molar-refractivity contribution is -0.143. The maximum absolute atomic E-state index is 12.6. The first-order chi connectivity index (χ1) is 9.87. The van der Waals surface area contributed by atoms with E-state index in [0.717, 1.165) is 0 Å². The third-order valence-electron chi connectivity index (χ3n) is 3.08. The van der Waals surface area contributed by atoms with Crippen LogP contribution >= 0.6 is 0 Å². The van der Waals surface area contributed by atoms with Gasteiger partial charge in [-0.1, -0.05) is 12.1 Å². The van der Waals surface area contributed by atoms with E-state index in [2.05, 4.69) is 5.32 Å². The van der Waals surface area contributed by atoms with Gasteiger partial charge in [0.1, 0.15) is 16.7 Å². The first-order valence-electron chi connectivity index (χ1n) is 6.02. The molecule has 0 aliphatic carbocycles. The molecule has 1 amide bonds. The van der Waals surface area contributed by atoms with Gasteiger partial charge in [-0.15, -0.1) is 0 Å². The third-order valence-corrected chi connectivity index (χ3v) is 4.97. The number of ether oxygens (including phenoxy) is 1. The zero-order valence-corrected chi connectivity index (χ0v) is 12.0. The van der Waals surface area contributed by atoms with Crippen molar-refractivity contribution in [3.63, 3.8) is 0 Å². The summed E-state index contributed by atoms with van der Waals surface area (Å²) in [5.74, 6) is -1.79. The Morgan fingerprint density at radius 1 is 1.43 bits per heavy atom. The SMILES string of the molecule is COc1ccccc1S(=O)(=O)N1CC(=O)NCC1C(=O)O. The molecule has 0 spiro atoms. The minimum atomic E-state index is -4.17. The molecule has 114 valence electrons. The number of carbonyl (C=O) groups excluding carboxylic acids is 1. The number of methoxy groups -OCH3 is 1. The van der Waals surface area contributed by atoms with Crippen molar-refractivity contribution in [1.29, 1.82) is 0 Å². The fourth-order valence-electron chi connectivity index (χ4n) is 2.04. The molecule has 0 aromatic heterocycles. The van der Waals surface area contributed by atoms with Gasteiger partial charge in [0.15, 0.2) is 0 Å². The molecule has 0 saturated carbocycles. The number of aliphatic carboxylic acids is 1. The van der Waals surface area contributed by atoms with Crippen LogP contribution in [0.15, 0.2) is 29.2 Å². The lowest BCUT2D eigenvalue weighted by Gasteiger charge is -2.31. The van der Waals surface area contributed by atoms with Crippen molar-refractivity contribution in [3.05, 3.63) is 24.3 Å². The molecule has 8 nitrogen and oxygen atoms in total. The summed E-state index contributed by atoms with van der Waals surface area (Å²) in [5.41, 5.74) is 0. The van der Waals surface area contributed by atoms with Crippen LogP contribution < -0.4 is 10.1 Å². The smallest absolute Gasteiger partial charge is 0.323 e. The minimum absolute atomic E-state index is 0.0904. The van der Waals surface area contributed by atoms with E-state index in [1.807, 2.05) is 0 Å². The topological polar surface area (TPSA) is 113 Å². The van der Waals surface area contributed by atoms with E-state index >= 15 is 0 Å². The maximum atomic E-state index is 12.6. The number of para-hydroxylation sites is 1. The molecule has 1 unspecified atom stereocenters. The monoisotopic (exact) mass is 314 g/mol. The van der Waals surface area contributed by atoms with Crippen LogP contribution in [-0.4, -0.2) is 55.9 Å². The second-order valence-corrected chi connectivity index (χ2v) is 6.22. The lowest BCUT2D eigenvalue weighted by Crippen LogP contribution is -2.59. The molecular weight excluding hydrogens is 300 g/mol. The van der Waals surface area contributed by atoms with Crippen LogP contribution in [0.3, 0.4) is 0 Å². The van der Waals surface area contributed by atoms with Gasteiger partial charge in [0.05, 0.1) is 13.7 Å². The highest BCUT2D eigenvalue weighted by atomic mass is 32.2. The quantitative estimate of drug-likeness (QED) is 0.757. The van der Waals surface area contributed by atoms with Crippen molar-refractivity contribution in [3.8, 4) is 5.75 Å². The summed E-state index contributed by atoms with van der Waals surface area (Å²) in [4.78, 5) is 22.5. The normalized spacial score (nSPS) is 19.9. The number of carboxylic acid groups (broad SMARTS) is 1. The number of carboxylic acids is 1. The number of sulfonamides is 1. The Morgan fingerprint density at radius 3 is 2.71 bits per heavy atom. The zero-order valence-electron chi connectivity index (χ0n) is 11.1. The standard InChI is InChI=1S/C12H14N2O6S/c1-20-9-4-2-3-5-10(9)21(18,19)14-7-11(15)13-6-8(14)12(16)17/h2-5,8H,6-7H2,1H3,(H,13,15)(H,16,17). The molecule has 1 saturated heterocycles. The van der Waals surface area contributed by atoms with E-state index < -0.39 is 34.5 Å². The highest BCUT2D eigenvalue weighted by molar-refractivity contribution is 7.89. The van der Waals surface area contributed by atoms with E-state index in [4.69, 9.17) is 9.84 Å². The number of hydrogen-bond donors (Lipinski definition) is 2. The van der Waals surface area contributed by atoms with Crippen LogP contribution in [-0.2, 0) is 19.6 Å². The van der Waals surface area contributed by atoms with Crippen LogP contribution in [0.25, 0.3) is 0 Å². The largest absolute Gasteiger partial charge is 0.495 e. The van der Waals surface area contributed by atoms with Crippen LogP contribution in [0.1, 0.15) is 0 Å². The summed E-state index contributed by atoms with van der Waals surface area (Å²) >= 11 is 0. The molecule has 1 aromatic rings. The molecule has 2 N–H and O–H groups in total. The molecule has 0 bridgehead atoms. The van der Waals surface area contributed by atoms with Gasteiger partial charge in [0.25, 0.3) is 0 Å². The molecule has 1 atom stereocenters. The van der Waals surface area contributed by atoms with Gasteiger partial charge in [-0.2, -0.15) is 4.31 Å². The second kappa shape index (κ2) is 5.70. The number of benzene rings is 1. The van der Waals surface area contributed by atoms with Crippen LogP contribution in [0.5, 0.6) is 5.75 Å². The van der Waals surface area contributed by atoms with E-state index in [1.165, 1.54) is 25.3 Å². The van der Waals surface area contributed by atoms with Crippen molar-refractivity contribution in [2.75, 3.05) is 20.2 Å². The van der Waals surface area contributed by atoms with Crippen molar-refractivity contribution in [1.82, 2.24) is 9.62 Å². The summed E-state index contributed by atoms with van der Waals surface area (Å²) < 4.78 is 30.9. The van der Waals surface area contributed by atoms with Crippen LogP contribution in [0.4, 0.5) is 0 Å². The third kappa shape index (κ3) is 2.83. The number of nitrogens with zero attached hydrogens (tertiary/aromatic N) is 1. The molecule has 9 heteroatoms. The number of amides is 1. The average Bonchev–Trinajstić information content (AvgIpc) is 2.46. The Hall–Kier alpha value is -2.13. The Morgan fingerprint density at radius 2 is 2.10 bits per heavy atom. The van der Waals surface area contributed by atoms with Gasteiger partial charge in [0, 0.05) is 6.54 Å². The van der Waals surface area contributed by atoms with E-state index in [1.54, 1.807) is 6.07 Å². The summed E-state index contributed by atoms with van der Waals surface area (Å²) in [6, 6.07) is 4.49. The molecule has 21 heavy (non-hydrogen) atoms. The van der Waals surface area contributed by atoms with Gasteiger partial charge in [-0.05, 0) is 12.1 Å². The van der Waals surface area contributed by atoms with Gasteiger partial charge >= 0.3 is 5.97 Å². The highest BCUT2D eigenvalue weighted by Gasteiger charge is 2.41. The fourth-order valence-corrected chi connectivity index (χ4v) is 3.74.